The first-order valence-electron chi connectivity index (χ1n) is 20.1. The van der Waals surface area contributed by atoms with Gasteiger partial charge in [-0.05, 0) is 72.3 Å². The lowest BCUT2D eigenvalue weighted by atomic mass is 9.78. The van der Waals surface area contributed by atoms with Crippen LogP contribution in [0.2, 0.25) is 0 Å². The van der Waals surface area contributed by atoms with E-state index in [1.807, 2.05) is 49.3 Å². The van der Waals surface area contributed by atoms with Gasteiger partial charge in [-0.2, -0.15) is 0 Å². The van der Waals surface area contributed by atoms with Gasteiger partial charge in [-0.1, -0.05) is 106 Å². The summed E-state index contributed by atoms with van der Waals surface area (Å²) in [5.41, 5.74) is 7.05. The van der Waals surface area contributed by atoms with Crippen molar-refractivity contribution in [2.24, 2.45) is 11.8 Å². The molecule has 3 amide bonds. The normalized spacial score (nSPS) is 20.7. The molecule has 3 heterocycles. The molecule has 4 N–H and O–H groups in total. The topological polar surface area (TPSA) is 145 Å². The Morgan fingerprint density at radius 1 is 0.768 bits per heavy atom. The van der Waals surface area contributed by atoms with Crippen molar-refractivity contribution in [3.8, 4) is 33.6 Å². The number of amides is 3. The smallest absolute Gasteiger partial charge is 0.407 e. The Kier molecular flexibility index (Phi) is 10.5. The first kappa shape index (κ1) is 37.2. The van der Waals surface area contributed by atoms with Crippen molar-refractivity contribution >= 4 is 17.9 Å². The maximum Gasteiger partial charge on any atom is 0.407 e. The van der Waals surface area contributed by atoms with E-state index in [0.29, 0.717) is 6.54 Å². The van der Waals surface area contributed by atoms with Gasteiger partial charge in [0, 0.05) is 18.4 Å². The number of alkyl carbamates (subject to hydrolysis) is 1. The Hall–Kier alpha value is -5.71. The first-order valence-corrected chi connectivity index (χ1v) is 20.1. The van der Waals surface area contributed by atoms with E-state index in [4.69, 9.17) is 14.7 Å². The Bertz CT molecular complexity index is 2150. The van der Waals surface area contributed by atoms with Crippen LogP contribution in [0.15, 0.2) is 91.3 Å². The van der Waals surface area contributed by atoms with Gasteiger partial charge in [0.2, 0.25) is 11.8 Å². The number of ether oxygens (including phenoxy) is 1. The van der Waals surface area contributed by atoms with Crippen LogP contribution in [0.3, 0.4) is 0 Å². The molecule has 0 radical (unpaired) electrons. The van der Waals surface area contributed by atoms with E-state index in [9.17, 15) is 14.4 Å². The average Bonchev–Trinajstić information content (AvgIpc) is 3.62. The van der Waals surface area contributed by atoms with Gasteiger partial charge < -0.3 is 30.2 Å². The Morgan fingerprint density at radius 2 is 1.36 bits per heavy atom. The molecule has 2 aliphatic carbocycles. The minimum atomic E-state index is -0.675. The van der Waals surface area contributed by atoms with E-state index in [1.165, 1.54) is 12.7 Å². The summed E-state index contributed by atoms with van der Waals surface area (Å²) < 4.78 is 4.76. The number of aromatic amines is 2. The van der Waals surface area contributed by atoms with Crippen molar-refractivity contribution < 1.29 is 19.1 Å². The minimum Gasteiger partial charge on any atom is -0.453 e. The van der Waals surface area contributed by atoms with Crippen LogP contribution in [0.5, 0.6) is 0 Å². The highest BCUT2D eigenvalue weighted by atomic mass is 16.5. The van der Waals surface area contributed by atoms with Crippen molar-refractivity contribution in [3.05, 3.63) is 108 Å². The highest BCUT2D eigenvalue weighted by Gasteiger charge is 2.47. The van der Waals surface area contributed by atoms with Crippen LogP contribution in [-0.2, 0) is 19.9 Å². The first-order chi connectivity index (χ1) is 27.2. The number of imidazole rings is 2. The number of hydrogen-bond donors (Lipinski definition) is 4. The molecule has 290 valence electrons. The molecule has 3 unspecified atom stereocenters. The van der Waals surface area contributed by atoms with E-state index < -0.39 is 12.1 Å². The van der Waals surface area contributed by atoms with Crippen LogP contribution in [0.25, 0.3) is 33.6 Å². The van der Waals surface area contributed by atoms with E-state index >= 15 is 0 Å². The molecule has 0 spiro atoms. The highest BCUT2D eigenvalue weighted by molar-refractivity contribution is 5.86. The van der Waals surface area contributed by atoms with Gasteiger partial charge in [-0.3, -0.25) is 9.59 Å². The predicted octanol–water partition coefficient (Wildman–Crippen LogP) is 8.26. The van der Waals surface area contributed by atoms with Gasteiger partial charge >= 0.3 is 6.09 Å². The third kappa shape index (κ3) is 7.59. The quantitative estimate of drug-likeness (QED) is 0.107. The number of nitrogens with zero attached hydrogens (tertiary/aromatic N) is 3. The molecule has 4 atom stereocenters. The molecule has 2 aromatic heterocycles. The SMILES string of the molecule is COC(=O)NC(C(=O)N1CCCC1c1ncc(-c2ccc(-c3ccc(-c4cnc([C@@H]5CCCCC5C(=O)NC5(c6ccccc6)CC5)[nH]4)cc3)cc2)[nH]1)C(C)C. The number of carbonyl (C=O) groups is 3. The van der Waals surface area contributed by atoms with E-state index in [-0.39, 0.29) is 41.1 Å². The zero-order chi connectivity index (χ0) is 38.8. The van der Waals surface area contributed by atoms with Crippen LogP contribution in [0.4, 0.5) is 4.79 Å². The summed E-state index contributed by atoms with van der Waals surface area (Å²) in [5.74, 6) is 1.54. The fourth-order valence-corrected chi connectivity index (χ4v) is 8.67. The minimum absolute atomic E-state index is 0.0694. The Balaban J connectivity index is 0.913. The molecule has 56 heavy (non-hydrogen) atoms. The van der Waals surface area contributed by atoms with E-state index in [1.54, 1.807) is 0 Å². The molecule has 0 bridgehead atoms. The molecule has 8 rings (SSSR count). The fraction of sp³-hybridized carbons (Fsp3) is 0.400. The number of benzene rings is 3. The number of rotatable bonds is 11. The third-order valence-electron chi connectivity index (χ3n) is 12.1. The molecule has 1 aliphatic heterocycles. The molecular formula is C45H51N7O4. The van der Waals surface area contributed by atoms with Crippen molar-refractivity contribution in [2.75, 3.05) is 13.7 Å². The van der Waals surface area contributed by atoms with Gasteiger partial charge in [0.25, 0.3) is 0 Å². The second-order valence-corrected chi connectivity index (χ2v) is 16.0. The van der Waals surface area contributed by atoms with Crippen LogP contribution in [-0.4, -0.2) is 62.4 Å². The molecule has 1 saturated heterocycles. The van der Waals surface area contributed by atoms with E-state index in [0.717, 1.165) is 96.7 Å². The zero-order valence-corrected chi connectivity index (χ0v) is 32.4. The van der Waals surface area contributed by atoms with Crippen molar-refractivity contribution in [2.45, 2.75) is 88.8 Å². The van der Waals surface area contributed by atoms with Crippen molar-refractivity contribution in [3.63, 3.8) is 0 Å². The van der Waals surface area contributed by atoms with Gasteiger partial charge in [-0.15, -0.1) is 0 Å². The molecular weight excluding hydrogens is 703 g/mol. The average molecular weight is 754 g/mol. The molecule has 11 heteroatoms. The maximum atomic E-state index is 13.7. The summed E-state index contributed by atoms with van der Waals surface area (Å²) in [6.45, 7) is 4.43. The lowest BCUT2D eigenvalue weighted by Gasteiger charge is -2.31. The summed E-state index contributed by atoms with van der Waals surface area (Å²) in [6, 6.07) is 26.3. The van der Waals surface area contributed by atoms with Gasteiger partial charge in [-0.25, -0.2) is 14.8 Å². The predicted molar refractivity (Wildman–Crippen MR) is 215 cm³/mol. The second kappa shape index (κ2) is 15.8. The number of aromatic nitrogens is 4. The van der Waals surface area contributed by atoms with Crippen molar-refractivity contribution in [1.82, 2.24) is 35.5 Å². The molecule has 11 nitrogen and oxygen atoms in total. The molecule has 5 aromatic rings. The number of carbonyl (C=O) groups excluding carboxylic acids is 3. The van der Waals surface area contributed by atoms with Crippen LogP contribution < -0.4 is 10.6 Å². The number of methoxy groups -OCH3 is 1. The highest BCUT2D eigenvalue weighted by Crippen LogP contribution is 2.47. The van der Waals surface area contributed by atoms with Crippen LogP contribution >= 0.6 is 0 Å². The summed E-state index contributed by atoms with van der Waals surface area (Å²) in [5, 5.41) is 6.15. The molecule has 2 saturated carbocycles. The Morgan fingerprint density at radius 3 is 1.96 bits per heavy atom. The lowest BCUT2D eigenvalue weighted by molar-refractivity contribution is -0.135. The maximum absolute atomic E-state index is 13.7. The molecule has 3 fully saturated rings. The largest absolute Gasteiger partial charge is 0.453 e. The van der Waals surface area contributed by atoms with Gasteiger partial charge in [0.15, 0.2) is 0 Å². The summed E-state index contributed by atoms with van der Waals surface area (Å²) in [6.07, 6.45) is 10.7. The van der Waals surface area contributed by atoms with Gasteiger partial charge in [0.1, 0.15) is 17.7 Å². The number of hydrogen-bond acceptors (Lipinski definition) is 6. The van der Waals surface area contributed by atoms with Gasteiger partial charge in [0.05, 0.1) is 42.5 Å². The molecule has 3 aromatic carbocycles. The summed E-state index contributed by atoms with van der Waals surface area (Å²) >= 11 is 0. The monoisotopic (exact) mass is 753 g/mol. The zero-order valence-electron chi connectivity index (χ0n) is 32.4. The summed E-state index contributed by atoms with van der Waals surface area (Å²) in [7, 11) is 1.30. The van der Waals surface area contributed by atoms with Crippen LogP contribution in [0.1, 0.15) is 94.4 Å². The fourth-order valence-electron chi connectivity index (χ4n) is 8.67. The standard InChI is InChI=1S/C45H51N7O4/c1-28(2)39(50-44(55)56-3)43(54)52-25-9-14-38(52)41-47-27-37(49-41)32-21-17-30(18-22-32)29-15-19-31(20-16-29)36-26-46-40(48-36)34-12-7-8-13-35(34)42(53)51-45(23-24-45)33-10-5-4-6-11-33/h4-6,10-11,15-22,26-28,34-35,38-39H,7-9,12-14,23-25H2,1-3H3,(H,46,48)(H,47,49)(H,50,55)(H,51,53)/t34-,35?,38?,39?/m1/s1. The number of nitrogens with one attached hydrogen (secondary N) is 4. The Labute approximate surface area is 328 Å². The number of H-pyrrole nitrogens is 2. The van der Waals surface area contributed by atoms with Crippen molar-refractivity contribution in [1.29, 1.82) is 0 Å². The molecule has 3 aliphatic rings. The van der Waals surface area contributed by atoms with Crippen LogP contribution in [0, 0.1) is 11.8 Å². The van der Waals surface area contributed by atoms with E-state index in [2.05, 4.69) is 81.3 Å². The third-order valence-corrected chi connectivity index (χ3v) is 12.1. The summed E-state index contributed by atoms with van der Waals surface area (Å²) in [4.78, 5) is 57.6. The lowest BCUT2D eigenvalue weighted by Crippen LogP contribution is -2.51. The second-order valence-electron chi connectivity index (χ2n) is 16.0. The number of likely N-dealkylation sites (tertiary alicyclic amines) is 1.